The average molecular weight is 214 g/mol. The smallest absolute Gasteiger partial charge is 0.134 e. The van der Waals surface area contributed by atoms with Gasteiger partial charge in [-0.05, 0) is 12.8 Å². The first kappa shape index (κ1) is 11.2. The van der Waals surface area contributed by atoms with Crippen LogP contribution in [0.25, 0.3) is 0 Å². The molecular formula is C10H16ClN3. The van der Waals surface area contributed by atoms with Crippen LogP contribution in [-0.4, -0.2) is 16.0 Å². The van der Waals surface area contributed by atoms with Gasteiger partial charge < -0.3 is 5.32 Å². The van der Waals surface area contributed by atoms with Gasteiger partial charge >= 0.3 is 0 Å². The Bertz CT molecular complexity index is 290. The molecule has 0 fully saturated rings. The van der Waals surface area contributed by atoms with E-state index < -0.39 is 0 Å². The van der Waals surface area contributed by atoms with Crippen LogP contribution < -0.4 is 5.32 Å². The molecule has 0 aliphatic heterocycles. The average Bonchev–Trinajstić information content (AvgIpc) is 2.16. The van der Waals surface area contributed by atoms with Gasteiger partial charge in [0.25, 0.3) is 0 Å². The summed E-state index contributed by atoms with van der Waals surface area (Å²) in [6, 6.07) is 2.13. The van der Waals surface area contributed by atoms with Crippen molar-refractivity contribution in [1.29, 1.82) is 0 Å². The van der Waals surface area contributed by atoms with Gasteiger partial charge in [0.15, 0.2) is 0 Å². The summed E-state index contributed by atoms with van der Waals surface area (Å²) in [5.74, 6) is 1.40. The third-order valence-corrected chi connectivity index (χ3v) is 2.71. The monoisotopic (exact) mass is 213 g/mol. The van der Waals surface area contributed by atoms with E-state index >= 15 is 0 Å². The summed E-state index contributed by atoms with van der Waals surface area (Å²) in [6.07, 6.45) is 2.61. The zero-order valence-corrected chi connectivity index (χ0v) is 9.54. The van der Waals surface area contributed by atoms with Crippen LogP contribution in [0, 0.1) is 5.92 Å². The molecule has 0 amide bonds. The minimum absolute atomic E-state index is 0.394. The van der Waals surface area contributed by atoms with Gasteiger partial charge in [-0.15, -0.1) is 0 Å². The quantitative estimate of drug-likeness (QED) is 0.782. The lowest BCUT2D eigenvalue weighted by molar-refractivity contribution is 0.493. The molecule has 0 aliphatic carbocycles. The van der Waals surface area contributed by atoms with Crippen LogP contribution in [0.4, 0.5) is 5.82 Å². The van der Waals surface area contributed by atoms with Crippen molar-refractivity contribution in [3.63, 3.8) is 0 Å². The van der Waals surface area contributed by atoms with Crippen LogP contribution >= 0.6 is 11.6 Å². The normalized spacial score (nSPS) is 14.9. The Balaban J connectivity index is 2.60. The third kappa shape index (κ3) is 3.14. The van der Waals surface area contributed by atoms with E-state index in [1.807, 2.05) is 0 Å². The lowest BCUT2D eigenvalue weighted by Gasteiger charge is -2.20. The Labute approximate surface area is 89.9 Å². The van der Waals surface area contributed by atoms with Crippen LogP contribution in [0.1, 0.15) is 27.2 Å². The van der Waals surface area contributed by atoms with E-state index in [4.69, 9.17) is 11.6 Å². The molecule has 1 N–H and O–H groups in total. The third-order valence-electron chi connectivity index (χ3n) is 2.51. The van der Waals surface area contributed by atoms with Crippen LogP contribution in [-0.2, 0) is 0 Å². The fourth-order valence-electron chi connectivity index (χ4n) is 1.14. The highest BCUT2D eigenvalue weighted by molar-refractivity contribution is 6.29. The molecule has 0 aliphatic rings. The zero-order valence-electron chi connectivity index (χ0n) is 8.79. The van der Waals surface area contributed by atoms with E-state index in [-0.39, 0.29) is 0 Å². The molecule has 0 saturated heterocycles. The van der Waals surface area contributed by atoms with Gasteiger partial charge in [-0.25, -0.2) is 9.97 Å². The number of hydrogen-bond donors (Lipinski definition) is 1. The highest BCUT2D eigenvalue weighted by Gasteiger charge is 2.10. The van der Waals surface area contributed by atoms with Crippen LogP contribution in [0.3, 0.4) is 0 Å². The van der Waals surface area contributed by atoms with Crippen molar-refractivity contribution in [2.75, 3.05) is 5.32 Å². The fraction of sp³-hybridized carbons (Fsp3) is 0.600. The molecule has 1 aromatic heterocycles. The Hall–Kier alpha value is -0.830. The standard InChI is InChI=1S/C10H16ClN3/c1-4-7(2)8(3)14-10-5-9(11)12-6-13-10/h5-8H,4H2,1-3H3,(H,12,13,14). The topological polar surface area (TPSA) is 37.8 Å². The Morgan fingerprint density at radius 2 is 2.14 bits per heavy atom. The van der Waals surface area contributed by atoms with E-state index in [0.717, 1.165) is 12.2 Å². The number of anilines is 1. The molecule has 1 rings (SSSR count). The van der Waals surface area contributed by atoms with Crippen LogP contribution in [0.15, 0.2) is 12.4 Å². The van der Waals surface area contributed by atoms with Crippen molar-refractivity contribution in [3.05, 3.63) is 17.5 Å². The van der Waals surface area contributed by atoms with E-state index in [0.29, 0.717) is 17.1 Å². The highest BCUT2D eigenvalue weighted by Crippen LogP contribution is 2.14. The molecule has 0 bridgehead atoms. The van der Waals surface area contributed by atoms with Crippen LogP contribution in [0.2, 0.25) is 5.15 Å². The molecule has 1 aromatic rings. The molecule has 2 unspecified atom stereocenters. The Morgan fingerprint density at radius 1 is 1.43 bits per heavy atom. The van der Waals surface area contributed by atoms with Crippen molar-refractivity contribution in [2.45, 2.75) is 33.2 Å². The minimum Gasteiger partial charge on any atom is -0.367 e. The van der Waals surface area contributed by atoms with Gasteiger partial charge in [0, 0.05) is 12.1 Å². The molecule has 0 spiro atoms. The molecule has 4 heteroatoms. The van der Waals surface area contributed by atoms with Crippen molar-refractivity contribution >= 4 is 17.4 Å². The summed E-state index contributed by atoms with van der Waals surface area (Å²) in [7, 11) is 0. The lowest BCUT2D eigenvalue weighted by atomic mass is 10.0. The molecule has 0 saturated carbocycles. The predicted molar refractivity (Wildman–Crippen MR) is 59.6 cm³/mol. The molecule has 2 atom stereocenters. The first-order valence-electron chi connectivity index (χ1n) is 4.87. The van der Waals surface area contributed by atoms with Gasteiger partial charge in [-0.3, -0.25) is 0 Å². The van der Waals surface area contributed by atoms with Gasteiger partial charge in [-0.1, -0.05) is 31.9 Å². The predicted octanol–water partition coefficient (Wildman–Crippen LogP) is 2.98. The number of hydrogen-bond acceptors (Lipinski definition) is 3. The lowest BCUT2D eigenvalue weighted by Crippen LogP contribution is -2.23. The summed E-state index contributed by atoms with van der Waals surface area (Å²) in [4.78, 5) is 7.92. The number of aromatic nitrogens is 2. The Kier molecular flexibility index (Phi) is 4.14. The van der Waals surface area contributed by atoms with Gasteiger partial charge in [0.2, 0.25) is 0 Å². The molecule has 1 heterocycles. The maximum Gasteiger partial charge on any atom is 0.134 e. The summed E-state index contributed by atoms with van der Waals surface area (Å²) in [6.45, 7) is 6.53. The second kappa shape index (κ2) is 5.15. The first-order chi connectivity index (χ1) is 6.63. The molecular weight excluding hydrogens is 198 g/mol. The molecule has 3 nitrogen and oxygen atoms in total. The number of nitrogens with zero attached hydrogens (tertiary/aromatic N) is 2. The molecule has 14 heavy (non-hydrogen) atoms. The molecule has 78 valence electrons. The van der Waals surface area contributed by atoms with Gasteiger partial charge in [0.05, 0.1) is 0 Å². The SMILES string of the molecule is CCC(C)C(C)Nc1cc(Cl)ncn1. The largest absolute Gasteiger partial charge is 0.367 e. The fourth-order valence-corrected chi connectivity index (χ4v) is 1.29. The maximum absolute atomic E-state index is 5.75. The minimum atomic E-state index is 0.394. The van der Waals surface area contributed by atoms with Crippen molar-refractivity contribution in [1.82, 2.24) is 9.97 Å². The second-order valence-electron chi connectivity index (χ2n) is 3.54. The second-order valence-corrected chi connectivity index (χ2v) is 3.93. The van der Waals surface area contributed by atoms with Crippen LogP contribution in [0.5, 0.6) is 0 Å². The number of halogens is 1. The summed E-state index contributed by atoms with van der Waals surface area (Å²) in [5.41, 5.74) is 0. The van der Waals surface area contributed by atoms with Crippen molar-refractivity contribution in [3.8, 4) is 0 Å². The summed E-state index contributed by atoms with van der Waals surface area (Å²) < 4.78 is 0. The highest BCUT2D eigenvalue weighted by atomic mass is 35.5. The van der Waals surface area contributed by atoms with Gasteiger partial charge in [0.1, 0.15) is 17.3 Å². The van der Waals surface area contributed by atoms with E-state index in [1.165, 1.54) is 6.33 Å². The van der Waals surface area contributed by atoms with Gasteiger partial charge in [-0.2, -0.15) is 0 Å². The molecule has 0 aromatic carbocycles. The zero-order chi connectivity index (χ0) is 10.6. The van der Waals surface area contributed by atoms with Crippen molar-refractivity contribution < 1.29 is 0 Å². The van der Waals surface area contributed by atoms with E-state index in [1.54, 1.807) is 6.07 Å². The van der Waals surface area contributed by atoms with E-state index in [9.17, 15) is 0 Å². The summed E-state index contributed by atoms with van der Waals surface area (Å²) >= 11 is 5.75. The first-order valence-corrected chi connectivity index (χ1v) is 5.25. The summed E-state index contributed by atoms with van der Waals surface area (Å²) in [5, 5.41) is 3.77. The number of nitrogens with one attached hydrogen (secondary N) is 1. The maximum atomic E-state index is 5.75. The number of rotatable bonds is 4. The van der Waals surface area contributed by atoms with E-state index in [2.05, 4.69) is 36.1 Å². The van der Waals surface area contributed by atoms with Crippen molar-refractivity contribution in [2.24, 2.45) is 5.92 Å². The molecule has 0 radical (unpaired) electrons. The Morgan fingerprint density at radius 3 is 2.71 bits per heavy atom.